The Bertz CT molecular complexity index is 388. The third kappa shape index (κ3) is 4.26. The van der Waals surface area contributed by atoms with E-state index in [1.807, 2.05) is 18.7 Å². The average molecular weight is 274 g/mol. The highest BCUT2D eigenvalue weighted by Gasteiger charge is 2.22. The smallest absolute Gasteiger partial charge is 0.0847 e. The maximum absolute atomic E-state index is 6.28. The lowest BCUT2D eigenvalue weighted by Gasteiger charge is -2.25. The summed E-state index contributed by atoms with van der Waals surface area (Å²) in [5.41, 5.74) is 2.14. The monoisotopic (exact) mass is 273 g/mol. The van der Waals surface area contributed by atoms with E-state index in [0.717, 1.165) is 42.5 Å². The van der Waals surface area contributed by atoms with Crippen LogP contribution in [-0.2, 0) is 18.2 Å². The van der Waals surface area contributed by atoms with E-state index in [0.29, 0.717) is 0 Å². The predicted molar refractivity (Wildman–Crippen MR) is 75.2 cm³/mol. The third-order valence-electron chi connectivity index (χ3n) is 2.99. The van der Waals surface area contributed by atoms with Gasteiger partial charge in [-0.15, -0.1) is 0 Å². The van der Waals surface area contributed by atoms with Crippen molar-refractivity contribution < 1.29 is 4.74 Å². The number of hydrogen-bond donors (Lipinski definition) is 1. The Morgan fingerprint density at radius 1 is 1.44 bits per heavy atom. The highest BCUT2D eigenvalue weighted by Crippen LogP contribution is 2.27. The zero-order valence-electron chi connectivity index (χ0n) is 12.0. The molecule has 18 heavy (non-hydrogen) atoms. The van der Waals surface area contributed by atoms with Gasteiger partial charge in [0.2, 0.25) is 0 Å². The van der Waals surface area contributed by atoms with Gasteiger partial charge >= 0.3 is 0 Å². The summed E-state index contributed by atoms with van der Waals surface area (Å²) in [4.78, 5) is 0. The molecule has 4 nitrogen and oxygen atoms in total. The summed E-state index contributed by atoms with van der Waals surface area (Å²) in [6.07, 6.45) is 0.906. The lowest BCUT2D eigenvalue weighted by molar-refractivity contribution is 0.193. The molecule has 0 fully saturated rings. The molecular weight excluding hydrogens is 250 g/mol. The van der Waals surface area contributed by atoms with E-state index in [1.165, 1.54) is 0 Å². The molecule has 104 valence electrons. The minimum atomic E-state index is 0.137. The molecule has 1 aromatic heterocycles. The van der Waals surface area contributed by atoms with E-state index >= 15 is 0 Å². The molecule has 1 N–H and O–H groups in total. The lowest BCUT2D eigenvalue weighted by Crippen LogP contribution is -2.33. The normalized spacial score (nSPS) is 12.1. The third-order valence-corrected chi connectivity index (χ3v) is 3.49. The molecule has 0 unspecified atom stereocenters. The van der Waals surface area contributed by atoms with Crippen LogP contribution in [0.3, 0.4) is 0 Å². The van der Waals surface area contributed by atoms with Crippen LogP contribution < -0.4 is 5.32 Å². The molecule has 0 aromatic carbocycles. The van der Waals surface area contributed by atoms with E-state index in [2.05, 4.69) is 24.3 Å². The van der Waals surface area contributed by atoms with Crippen LogP contribution in [0.25, 0.3) is 0 Å². The van der Waals surface area contributed by atoms with E-state index in [4.69, 9.17) is 16.3 Å². The fourth-order valence-electron chi connectivity index (χ4n) is 1.99. The van der Waals surface area contributed by atoms with E-state index < -0.39 is 0 Å². The van der Waals surface area contributed by atoms with Crippen molar-refractivity contribution in [2.24, 2.45) is 12.5 Å². The molecule has 0 atom stereocenters. The first-order valence-corrected chi connectivity index (χ1v) is 6.63. The van der Waals surface area contributed by atoms with Crippen molar-refractivity contribution in [1.82, 2.24) is 15.1 Å². The van der Waals surface area contributed by atoms with Gasteiger partial charge in [0.1, 0.15) is 0 Å². The number of halogens is 1. The van der Waals surface area contributed by atoms with Crippen molar-refractivity contribution in [3.63, 3.8) is 0 Å². The van der Waals surface area contributed by atoms with Crippen LogP contribution in [0.15, 0.2) is 0 Å². The zero-order chi connectivity index (χ0) is 13.8. The van der Waals surface area contributed by atoms with Crippen molar-refractivity contribution in [2.45, 2.75) is 27.2 Å². The van der Waals surface area contributed by atoms with Crippen LogP contribution in [0.2, 0.25) is 5.02 Å². The molecule has 0 aliphatic rings. The molecule has 0 amide bonds. The van der Waals surface area contributed by atoms with E-state index in [-0.39, 0.29) is 5.41 Å². The summed E-state index contributed by atoms with van der Waals surface area (Å²) in [7, 11) is 3.66. The lowest BCUT2D eigenvalue weighted by atomic mass is 9.87. The second-order valence-corrected chi connectivity index (χ2v) is 5.86. The van der Waals surface area contributed by atoms with Crippen LogP contribution in [0, 0.1) is 12.3 Å². The van der Waals surface area contributed by atoms with Crippen LogP contribution >= 0.6 is 11.6 Å². The van der Waals surface area contributed by atoms with E-state index in [1.54, 1.807) is 7.11 Å². The maximum atomic E-state index is 6.28. The SMILES string of the molecule is COCCNCC(C)(C)Cc1c(Cl)c(C)nn1C. The molecule has 0 aliphatic carbocycles. The molecule has 1 heterocycles. The summed E-state index contributed by atoms with van der Waals surface area (Å²) in [6, 6.07) is 0. The van der Waals surface area contributed by atoms with Crippen LogP contribution in [0.1, 0.15) is 25.2 Å². The Hall–Kier alpha value is -0.580. The Kier molecular flexibility index (Phi) is 5.63. The number of aromatic nitrogens is 2. The Labute approximate surface area is 115 Å². The number of methoxy groups -OCH3 is 1. The van der Waals surface area contributed by atoms with Gasteiger partial charge < -0.3 is 10.1 Å². The standard InChI is InChI=1S/C13H24ClN3O/c1-10-12(14)11(17(4)16-10)8-13(2,3)9-15-6-7-18-5/h15H,6-9H2,1-5H3. The van der Waals surface area contributed by atoms with Crippen molar-refractivity contribution >= 4 is 11.6 Å². The van der Waals surface area contributed by atoms with Crippen molar-refractivity contribution in [2.75, 3.05) is 26.8 Å². The molecule has 0 aliphatic heterocycles. The minimum absolute atomic E-state index is 0.137. The number of rotatable bonds is 7. The fourth-order valence-corrected chi connectivity index (χ4v) is 2.22. The predicted octanol–water partition coefficient (Wildman–Crippen LogP) is 2.19. The van der Waals surface area contributed by atoms with Gasteiger partial charge in [0.15, 0.2) is 0 Å². The van der Waals surface area contributed by atoms with Gasteiger partial charge in [-0.3, -0.25) is 4.68 Å². The minimum Gasteiger partial charge on any atom is -0.383 e. The van der Waals surface area contributed by atoms with Gasteiger partial charge in [0.25, 0.3) is 0 Å². The largest absolute Gasteiger partial charge is 0.383 e. The quantitative estimate of drug-likeness (QED) is 0.774. The number of nitrogens with zero attached hydrogens (tertiary/aromatic N) is 2. The first-order valence-electron chi connectivity index (χ1n) is 6.25. The number of hydrogen-bond acceptors (Lipinski definition) is 3. The first kappa shape index (κ1) is 15.5. The molecule has 0 radical (unpaired) electrons. The summed E-state index contributed by atoms with van der Waals surface area (Å²) < 4.78 is 6.90. The fraction of sp³-hybridized carbons (Fsp3) is 0.769. The molecule has 0 spiro atoms. The van der Waals surface area contributed by atoms with Gasteiger partial charge in [-0.05, 0) is 18.8 Å². The molecule has 1 aromatic rings. The van der Waals surface area contributed by atoms with Crippen LogP contribution in [0.5, 0.6) is 0 Å². The molecule has 0 bridgehead atoms. The number of aryl methyl sites for hydroxylation is 2. The molecule has 0 saturated carbocycles. The first-order chi connectivity index (χ1) is 8.37. The van der Waals surface area contributed by atoms with Crippen molar-refractivity contribution in [3.8, 4) is 0 Å². The average Bonchev–Trinajstić information content (AvgIpc) is 2.51. The highest BCUT2D eigenvalue weighted by molar-refractivity contribution is 6.31. The molecule has 5 heteroatoms. The highest BCUT2D eigenvalue weighted by atomic mass is 35.5. The second-order valence-electron chi connectivity index (χ2n) is 5.48. The van der Waals surface area contributed by atoms with Gasteiger partial charge in [-0.25, -0.2) is 0 Å². The van der Waals surface area contributed by atoms with Crippen molar-refractivity contribution in [1.29, 1.82) is 0 Å². The van der Waals surface area contributed by atoms with Gasteiger partial charge in [-0.1, -0.05) is 25.4 Å². The Morgan fingerprint density at radius 2 is 2.11 bits per heavy atom. The van der Waals surface area contributed by atoms with Gasteiger partial charge in [-0.2, -0.15) is 5.10 Å². The summed E-state index contributed by atoms with van der Waals surface area (Å²) in [5, 5.41) is 8.54. The van der Waals surface area contributed by atoms with Crippen molar-refractivity contribution in [3.05, 3.63) is 16.4 Å². The second kappa shape index (κ2) is 6.55. The number of nitrogens with one attached hydrogen (secondary N) is 1. The number of ether oxygens (including phenoxy) is 1. The maximum Gasteiger partial charge on any atom is 0.0847 e. The Morgan fingerprint density at radius 3 is 2.61 bits per heavy atom. The van der Waals surface area contributed by atoms with E-state index in [9.17, 15) is 0 Å². The van der Waals surface area contributed by atoms with Gasteiger partial charge in [0.05, 0.1) is 23.0 Å². The topological polar surface area (TPSA) is 39.1 Å². The van der Waals surface area contributed by atoms with Crippen LogP contribution in [-0.4, -0.2) is 36.6 Å². The molecule has 1 rings (SSSR count). The summed E-state index contributed by atoms with van der Waals surface area (Å²) >= 11 is 6.28. The van der Waals surface area contributed by atoms with Gasteiger partial charge in [0, 0.05) is 27.2 Å². The molecule has 0 saturated heterocycles. The Balaban J connectivity index is 2.58. The van der Waals surface area contributed by atoms with Crippen LogP contribution in [0.4, 0.5) is 0 Å². The summed E-state index contributed by atoms with van der Waals surface area (Å²) in [6.45, 7) is 8.93. The zero-order valence-corrected chi connectivity index (χ0v) is 12.8. The summed E-state index contributed by atoms with van der Waals surface area (Å²) in [5.74, 6) is 0. The molecular formula is C13H24ClN3O.